The molecule has 4 rings (SSSR count). The van der Waals surface area contributed by atoms with Crippen LogP contribution in [0.2, 0.25) is 0 Å². The molecule has 0 aromatic heterocycles. The molecule has 0 aliphatic carbocycles. The summed E-state index contributed by atoms with van der Waals surface area (Å²) in [5, 5.41) is 14.2. The molecule has 3 heterocycles. The summed E-state index contributed by atoms with van der Waals surface area (Å²) in [6.07, 6.45) is -8.12. The third kappa shape index (κ3) is 11.0. The van der Waals surface area contributed by atoms with E-state index >= 15 is 0 Å². The number of aliphatic carboxylic acids is 2. The van der Waals surface area contributed by atoms with Gasteiger partial charge in [-0.3, -0.25) is 9.69 Å². The molecule has 3 fully saturated rings. The van der Waals surface area contributed by atoms with Crippen molar-refractivity contribution in [3.05, 3.63) is 35.9 Å². The van der Waals surface area contributed by atoms with Crippen molar-refractivity contribution in [1.82, 2.24) is 14.7 Å². The summed E-state index contributed by atoms with van der Waals surface area (Å²) in [6, 6.07) is 10.6. The maximum Gasteiger partial charge on any atom is 0.490 e. The second-order valence-electron chi connectivity index (χ2n) is 9.47. The SMILES string of the molecule is CN1CCN(C(=O)C[C@H]2C[C@H]3CN(Cc4ccccc4)C[C@H]3O2)CC1.O=C(O)C(F)(F)F.O=C(O)C(F)(F)F. The van der Waals surface area contributed by atoms with Crippen LogP contribution in [0.1, 0.15) is 18.4 Å². The summed E-state index contributed by atoms with van der Waals surface area (Å²) < 4.78 is 69.7. The summed E-state index contributed by atoms with van der Waals surface area (Å²) >= 11 is 0. The minimum absolute atomic E-state index is 0.126. The number of carboxylic acid groups (broad SMARTS) is 2. The Hall–Kier alpha value is -2.91. The maximum absolute atomic E-state index is 12.5. The molecule has 1 aromatic rings. The first-order valence-electron chi connectivity index (χ1n) is 12.0. The number of fused-ring (bicyclic) bond motifs is 1. The Morgan fingerprint density at radius 2 is 1.41 bits per heavy atom. The number of piperazine rings is 1. The van der Waals surface area contributed by atoms with Gasteiger partial charge in [-0.2, -0.15) is 26.3 Å². The molecule has 0 unspecified atom stereocenters. The van der Waals surface area contributed by atoms with E-state index < -0.39 is 24.3 Å². The van der Waals surface area contributed by atoms with Crippen LogP contribution in [0.4, 0.5) is 26.3 Å². The van der Waals surface area contributed by atoms with Crippen LogP contribution >= 0.6 is 0 Å². The third-order valence-corrected chi connectivity index (χ3v) is 6.38. The molecular weight excluding hydrogens is 540 g/mol. The molecule has 9 nitrogen and oxygen atoms in total. The quantitative estimate of drug-likeness (QED) is 0.531. The average molecular weight is 572 g/mol. The first-order chi connectivity index (χ1) is 18.1. The molecule has 2 N–H and O–H groups in total. The first kappa shape index (κ1) is 32.3. The smallest absolute Gasteiger partial charge is 0.475 e. The van der Waals surface area contributed by atoms with Crippen LogP contribution in [0.15, 0.2) is 30.3 Å². The number of alkyl halides is 6. The fourth-order valence-electron chi connectivity index (χ4n) is 4.43. The Labute approximate surface area is 220 Å². The Morgan fingerprint density at radius 1 is 0.897 bits per heavy atom. The van der Waals surface area contributed by atoms with Crippen LogP contribution in [-0.4, -0.2) is 114 Å². The highest BCUT2D eigenvalue weighted by Gasteiger charge is 2.43. The van der Waals surface area contributed by atoms with Gasteiger partial charge in [0, 0.05) is 51.7 Å². The van der Waals surface area contributed by atoms with Gasteiger partial charge in [0.05, 0.1) is 18.6 Å². The van der Waals surface area contributed by atoms with Gasteiger partial charge in [-0.15, -0.1) is 0 Å². The molecule has 3 aliphatic heterocycles. The molecule has 3 aliphatic rings. The van der Waals surface area contributed by atoms with Gasteiger partial charge >= 0.3 is 24.3 Å². The lowest BCUT2D eigenvalue weighted by Crippen LogP contribution is -2.47. The minimum atomic E-state index is -5.08. The fourth-order valence-corrected chi connectivity index (χ4v) is 4.43. The maximum atomic E-state index is 12.5. The summed E-state index contributed by atoms with van der Waals surface area (Å²) in [4.78, 5) is 37.1. The summed E-state index contributed by atoms with van der Waals surface area (Å²) in [5.74, 6) is -4.65. The Bertz CT molecular complexity index is 916. The fraction of sp³-hybridized carbons (Fsp3) is 0.625. The van der Waals surface area contributed by atoms with Crippen molar-refractivity contribution >= 4 is 17.8 Å². The lowest BCUT2D eigenvalue weighted by atomic mass is 10.0. The normalized spacial score (nSPS) is 23.7. The van der Waals surface area contributed by atoms with Crippen LogP contribution in [-0.2, 0) is 25.7 Å². The van der Waals surface area contributed by atoms with Crippen LogP contribution in [0.25, 0.3) is 0 Å². The number of halogens is 6. The van der Waals surface area contributed by atoms with Crippen molar-refractivity contribution in [3.63, 3.8) is 0 Å². The lowest BCUT2D eigenvalue weighted by Gasteiger charge is -2.33. The van der Waals surface area contributed by atoms with Crippen molar-refractivity contribution in [2.24, 2.45) is 5.92 Å². The minimum Gasteiger partial charge on any atom is -0.475 e. The van der Waals surface area contributed by atoms with Gasteiger partial charge in [0.15, 0.2) is 0 Å². The molecule has 39 heavy (non-hydrogen) atoms. The number of carbonyl (C=O) groups excluding carboxylic acids is 1. The average Bonchev–Trinajstić information content (AvgIpc) is 3.37. The van der Waals surface area contributed by atoms with Crippen molar-refractivity contribution in [2.75, 3.05) is 46.3 Å². The van der Waals surface area contributed by atoms with Crippen molar-refractivity contribution in [3.8, 4) is 0 Å². The van der Waals surface area contributed by atoms with E-state index in [1.807, 2.05) is 4.90 Å². The zero-order valence-corrected chi connectivity index (χ0v) is 21.1. The van der Waals surface area contributed by atoms with Crippen molar-refractivity contribution in [1.29, 1.82) is 0 Å². The van der Waals surface area contributed by atoms with E-state index in [9.17, 15) is 31.1 Å². The molecule has 0 spiro atoms. The molecule has 220 valence electrons. The number of carboxylic acids is 2. The number of ether oxygens (including phenoxy) is 1. The highest BCUT2D eigenvalue weighted by Crippen LogP contribution is 2.35. The van der Waals surface area contributed by atoms with Gasteiger partial charge < -0.3 is 24.7 Å². The largest absolute Gasteiger partial charge is 0.490 e. The highest BCUT2D eigenvalue weighted by molar-refractivity contribution is 5.77. The van der Waals surface area contributed by atoms with Crippen LogP contribution < -0.4 is 0 Å². The van der Waals surface area contributed by atoms with Crippen molar-refractivity contribution in [2.45, 2.75) is 43.9 Å². The number of amides is 1. The zero-order valence-electron chi connectivity index (χ0n) is 21.1. The van der Waals surface area contributed by atoms with E-state index in [0.717, 1.165) is 52.2 Å². The van der Waals surface area contributed by atoms with E-state index in [4.69, 9.17) is 24.5 Å². The van der Waals surface area contributed by atoms with Gasteiger partial charge in [-0.05, 0) is 19.0 Å². The number of nitrogens with zero attached hydrogens (tertiary/aromatic N) is 3. The predicted octanol–water partition coefficient (Wildman–Crippen LogP) is 2.71. The van der Waals surface area contributed by atoms with Crippen LogP contribution in [0.5, 0.6) is 0 Å². The molecule has 3 atom stereocenters. The van der Waals surface area contributed by atoms with Crippen LogP contribution in [0, 0.1) is 5.92 Å². The number of rotatable bonds is 4. The van der Waals surface area contributed by atoms with Gasteiger partial charge in [0.2, 0.25) is 5.91 Å². The number of carbonyl (C=O) groups is 3. The number of hydrogen-bond donors (Lipinski definition) is 2. The first-order valence-corrected chi connectivity index (χ1v) is 12.0. The van der Waals surface area contributed by atoms with E-state index in [2.05, 4.69) is 47.2 Å². The zero-order chi connectivity index (χ0) is 29.4. The molecule has 1 amide bonds. The summed E-state index contributed by atoms with van der Waals surface area (Å²) in [7, 11) is 2.12. The molecule has 3 saturated heterocycles. The predicted molar refractivity (Wildman–Crippen MR) is 125 cm³/mol. The van der Waals surface area contributed by atoms with Gasteiger partial charge in [0.25, 0.3) is 0 Å². The molecule has 0 bridgehead atoms. The standard InChI is InChI=1S/C20H29N3O2.2C2HF3O2/c1-21-7-9-23(10-8-21)20(24)12-18-11-17-14-22(15-19(17)25-18)13-16-5-3-2-4-6-16;2*3-2(4,5)1(6)7/h2-6,17-19H,7-15H2,1H3;2*(H,6,7)/t17-,18+,19+;;/m0../s1. The number of likely N-dealkylation sites (N-methyl/N-ethyl adjacent to an activating group) is 1. The molecule has 1 aromatic carbocycles. The molecule has 15 heteroatoms. The third-order valence-electron chi connectivity index (χ3n) is 6.38. The Morgan fingerprint density at radius 3 is 1.87 bits per heavy atom. The van der Waals surface area contributed by atoms with E-state index in [1.165, 1.54) is 5.56 Å². The molecule has 0 saturated carbocycles. The summed E-state index contributed by atoms with van der Waals surface area (Å²) in [5.41, 5.74) is 1.37. The van der Waals surface area contributed by atoms with Gasteiger partial charge in [-0.25, -0.2) is 9.59 Å². The Balaban J connectivity index is 0.000000317. The van der Waals surface area contributed by atoms with E-state index in [-0.39, 0.29) is 12.0 Å². The number of hydrogen-bond acceptors (Lipinski definition) is 6. The number of likely N-dealkylation sites (tertiary alicyclic amines) is 1. The highest BCUT2D eigenvalue weighted by atomic mass is 19.4. The lowest BCUT2D eigenvalue weighted by molar-refractivity contribution is -0.193. The Kier molecular flexibility index (Phi) is 11.5. The van der Waals surface area contributed by atoms with E-state index in [0.29, 0.717) is 18.4 Å². The molecule has 0 radical (unpaired) electrons. The molecular formula is C24H31F6N3O6. The second kappa shape index (κ2) is 13.9. The summed E-state index contributed by atoms with van der Waals surface area (Å²) in [6.45, 7) is 6.78. The van der Waals surface area contributed by atoms with Crippen molar-refractivity contribution < 1.29 is 55.7 Å². The van der Waals surface area contributed by atoms with Gasteiger partial charge in [-0.1, -0.05) is 30.3 Å². The number of benzene rings is 1. The van der Waals surface area contributed by atoms with Crippen LogP contribution in [0.3, 0.4) is 0 Å². The van der Waals surface area contributed by atoms with Gasteiger partial charge in [0.1, 0.15) is 0 Å². The van der Waals surface area contributed by atoms with E-state index in [1.54, 1.807) is 0 Å². The monoisotopic (exact) mass is 571 g/mol. The second-order valence-corrected chi connectivity index (χ2v) is 9.47. The topological polar surface area (TPSA) is 111 Å².